The number of amides is 3. The fourth-order valence-corrected chi connectivity index (χ4v) is 17.1. The van der Waals surface area contributed by atoms with Gasteiger partial charge in [-0.1, -0.05) is 38.5 Å². The fourth-order valence-electron chi connectivity index (χ4n) is 17.1. The van der Waals surface area contributed by atoms with Crippen molar-refractivity contribution in [2.24, 2.45) is 17.8 Å². The molecule has 6 saturated heterocycles. The standard InChI is InChI=1S/2C22H36F2N2O3.C13H22N2O2.C9H14F2O2/c2*23-21(24)14-28-13-16-5-7-17(8-6-16)25-11-9-18(10-12-25)26-19-3-1-2-4-20(19)29-15-22(26)27;16-13-9-17-12-4-2-1-3-11(12)15(13)10-5-7-14-8-6-10;10-9(11)6-13-5-7-1-3-8(12)4-2-7/h2*16-21H,1-15H2;10-12,14H,1-9H2;7,9H,1-6H2/t2*16?,17?,19-,20-;11-,12-;/m000./s1. The Kier molecular flexibility index (Phi) is 28.6. The summed E-state index contributed by atoms with van der Waals surface area (Å²) in [6.07, 6.45) is 25.7. The van der Waals surface area contributed by atoms with Gasteiger partial charge in [0.05, 0.1) is 36.4 Å². The summed E-state index contributed by atoms with van der Waals surface area (Å²) < 4.78 is 105. The number of carbonyl (C=O) groups is 4. The maximum atomic E-state index is 12.6. The van der Waals surface area contributed by atoms with E-state index in [1.165, 1.54) is 38.5 Å². The fraction of sp³-hybridized carbons (Fsp3) is 0.939. The molecule has 6 saturated carbocycles. The first-order valence-electron chi connectivity index (χ1n) is 34.8. The molecule has 22 heteroatoms. The highest BCUT2D eigenvalue weighted by Crippen LogP contribution is 2.38. The summed E-state index contributed by atoms with van der Waals surface area (Å²) in [6.45, 7) is 7.14. The zero-order valence-electron chi connectivity index (χ0n) is 52.7. The number of piperidine rings is 3. The van der Waals surface area contributed by atoms with Gasteiger partial charge in [-0.25, -0.2) is 26.3 Å². The normalized spacial score (nSPS) is 33.0. The summed E-state index contributed by atoms with van der Waals surface area (Å²) in [7, 11) is 0. The highest BCUT2D eigenvalue weighted by Gasteiger charge is 2.46. The number of likely N-dealkylation sites (tertiary alicyclic amines) is 2. The van der Waals surface area contributed by atoms with Crippen molar-refractivity contribution < 1.29 is 73.9 Å². The van der Waals surface area contributed by atoms with Crippen molar-refractivity contribution in [3.05, 3.63) is 0 Å². The molecule has 0 bridgehead atoms. The van der Waals surface area contributed by atoms with Gasteiger partial charge in [-0.15, -0.1) is 0 Å². The number of ether oxygens (including phenoxy) is 6. The van der Waals surface area contributed by atoms with Gasteiger partial charge < -0.3 is 58.2 Å². The molecule has 504 valence electrons. The third-order valence-electron chi connectivity index (χ3n) is 21.8. The lowest BCUT2D eigenvalue weighted by molar-refractivity contribution is -0.167. The Bertz CT molecular complexity index is 1970. The predicted molar refractivity (Wildman–Crippen MR) is 321 cm³/mol. The van der Waals surface area contributed by atoms with Gasteiger partial charge in [0.1, 0.15) is 45.4 Å². The number of halogens is 6. The smallest absolute Gasteiger partial charge is 0.261 e. The highest BCUT2D eigenvalue weighted by atomic mass is 19.3. The van der Waals surface area contributed by atoms with Gasteiger partial charge in [-0.2, -0.15) is 0 Å². The van der Waals surface area contributed by atoms with E-state index in [2.05, 4.69) is 29.8 Å². The van der Waals surface area contributed by atoms with Crippen molar-refractivity contribution in [3.8, 4) is 0 Å². The minimum absolute atomic E-state index is 0.191. The van der Waals surface area contributed by atoms with E-state index in [1.807, 2.05) is 0 Å². The van der Waals surface area contributed by atoms with E-state index in [0.717, 1.165) is 181 Å². The molecule has 88 heavy (non-hydrogen) atoms. The number of carbonyl (C=O) groups excluding carboxylic acids is 4. The number of hydrogen-bond acceptors (Lipinski definition) is 13. The number of alkyl halides is 6. The molecule has 6 atom stereocenters. The third-order valence-corrected chi connectivity index (χ3v) is 21.8. The number of nitrogens with one attached hydrogen (secondary N) is 1. The molecule has 12 fully saturated rings. The Morgan fingerprint density at radius 1 is 0.375 bits per heavy atom. The quantitative estimate of drug-likeness (QED) is 0.138. The minimum atomic E-state index is -2.38. The molecule has 6 heterocycles. The van der Waals surface area contributed by atoms with Gasteiger partial charge in [0.25, 0.3) is 19.3 Å². The Balaban J connectivity index is 0.000000146. The second-order valence-electron chi connectivity index (χ2n) is 27.6. The molecular weight excluding hydrogens is 1150 g/mol. The van der Waals surface area contributed by atoms with Crippen molar-refractivity contribution in [3.63, 3.8) is 0 Å². The van der Waals surface area contributed by atoms with Crippen molar-refractivity contribution in [1.29, 1.82) is 0 Å². The van der Waals surface area contributed by atoms with Crippen LogP contribution in [0.15, 0.2) is 0 Å². The molecule has 0 aromatic carbocycles. The first kappa shape index (κ1) is 69.6. The Morgan fingerprint density at radius 2 is 0.682 bits per heavy atom. The van der Waals surface area contributed by atoms with E-state index in [-0.39, 0.29) is 48.9 Å². The topological polar surface area (TPSA) is 152 Å². The molecule has 12 aliphatic rings. The first-order valence-corrected chi connectivity index (χ1v) is 34.8. The van der Waals surface area contributed by atoms with Gasteiger partial charge in [-0.05, 0) is 172 Å². The third kappa shape index (κ3) is 20.6. The molecule has 0 spiro atoms. The molecule has 1 N–H and O–H groups in total. The number of fused-ring (bicyclic) bond motifs is 3. The van der Waals surface area contributed by atoms with E-state index in [9.17, 15) is 45.5 Å². The van der Waals surface area contributed by atoms with E-state index in [1.54, 1.807) is 0 Å². The molecule has 3 amide bonds. The van der Waals surface area contributed by atoms with E-state index >= 15 is 0 Å². The SMILES string of the molecule is O=C1CCC(COCC(F)F)CC1.O=C1CO[C@H]2CCCC[C@@H]2N1C1CCN(C2CCC(COCC(F)F)CC2)CC1.O=C1CO[C@H]2CCCC[C@@H]2N1C1CCN(C2CCC(COCC(F)F)CC2)CC1.O=C1CO[C@H]2CCCC[C@@H]2N1C1CCNCC1. The van der Waals surface area contributed by atoms with Crippen LogP contribution in [0.3, 0.4) is 0 Å². The molecule has 0 aromatic heterocycles. The van der Waals surface area contributed by atoms with Crippen LogP contribution in [0.4, 0.5) is 26.3 Å². The average Bonchev–Trinajstić information content (AvgIpc) is 1.87. The lowest BCUT2D eigenvalue weighted by Gasteiger charge is -2.50. The van der Waals surface area contributed by atoms with Crippen LogP contribution < -0.4 is 5.32 Å². The number of hydrogen-bond donors (Lipinski definition) is 1. The van der Waals surface area contributed by atoms with Gasteiger partial charge in [-0.3, -0.25) is 19.2 Å². The van der Waals surface area contributed by atoms with E-state index < -0.39 is 39.1 Å². The van der Waals surface area contributed by atoms with Crippen LogP contribution in [0.25, 0.3) is 0 Å². The average molecular weight is 1260 g/mol. The number of nitrogens with zero attached hydrogens (tertiary/aromatic N) is 5. The predicted octanol–water partition coefficient (Wildman–Crippen LogP) is 9.86. The number of morpholine rings is 3. The van der Waals surface area contributed by atoms with Crippen LogP contribution in [-0.2, 0) is 47.6 Å². The van der Waals surface area contributed by atoms with Crippen molar-refractivity contribution >= 4 is 23.5 Å². The first-order chi connectivity index (χ1) is 42.8. The van der Waals surface area contributed by atoms with Crippen LogP contribution in [0.2, 0.25) is 0 Å². The molecule has 0 aromatic rings. The maximum Gasteiger partial charge on any atom is 0.261 e. The van der Waals surface area contributed by atoms with Crippen LogP contribution in [0.1, 0.15) is 193 Å². The Labute approximate surface area is 520 Å². The monoisotopic (exact) mass is 1260 g/mol. The van der Waals surface area contributed by atoms with Gasteiger partial charge in [0.2, 0.25) is 17.7 Å². The molecule has 0 radical (unpaired) electrons. The van der Waals surface area contributed by atoms with Crippen molar-refractivity contribution in [1.82, 2.24) is 29.8 Å². The summed E-state index contributed by atoms with van der Waals surface area (Å²) in [5.41, 5.74) is 0. The Morgan fingerprint density at radius 3 is 1.01 bits per heavy atom. The zero-order valence-corrected chi connectivity index (χ0v) is 52.7. The highest BCUT2D eigenvalue weighted by molar-refractivity contribution is 5.80. The molecule has 6 aliphatic carbocycles. The number of ketones is 1. The molecule has 12 rings (SSSR count). The zero-order chi connectivity index (χ0) is 61.8. The summed E-state index contributed by atoms with van der Waals surface area (Å²) in [5, 5.41) is 3.37. The van der Waals surface area contributed by atoms with Gasteiger partial charge in [0, 0.05) is 89.1 Å². The summed E-state index contributed by atoms with van der Waals surface area (Å²) in [6, 6.07) is 3.36. The van der Waals surface area contributed by atoms with Crippen molar-refractivity contribution in [2.45, 2.75) is 279 Å². The van der Waals surface area contributed by atoms with E-state index in [4.69, 9.17) is 28.4 Å². The van der Waals surface area contributed by atoms with Gasteiger partial charge in [0.15, 0.2) is 0 Å². The largest absolute Gasteiger partial charge is 0.375 e. The van der Waals surface area contributed by atoms with Crippen LogP contribution in [-0.4, -0.2) is 233 Å². The lowest BCUT2D eigenvalue weighted by atomic mass is 9.84. The number of rotatable bonds is 17. The molecule has 6 aliphatic heterocycles. The molecular formula is C66H108F6N6O10. The summed E-state index contributed by atoms with van der Waals surface area (Å²) >= 11 is 0. The minimum Gasteiger partial charge on any atom is -0.375 e. The number of Topliss-reactive ketones (excluding diaryl/α,β-unsaturated/α-hetero) is 1. The van der Waals surface area contributed by atoms with Crippen LogP contribution in [0, 0.1) is 17.8 Å². The second-order valence-corrected chi connectivity index (χ2v) is 27.6. The summed E-state index contributed by atoms with van der Waals surface area (Å²) in [5.74, 6) is 2.04. The molecule has 16 nitrogen and oxygen atoms in total. The summed E-state index contributed by atoms with van der Waals surface area (Å²) in [4.78, 5) is 60.0. The lowest BCUT2D eigenvalue weighted by Crippen LogP contribution is -2.61. The van der Waals surface area contributed by atoms with E-state index in [0.29, 0.717) is 111 Å². The van der Waals surface area contributed by atoms with Crippen LogP contribution >= 0.6 is 0 Å². The second kappa shape index (κ2) is 36.1. The van der Waals surface area contributed by atoms with Crippen molar-refractivity contribution in [2.75, 3.05) is 98.7 Å². The Hall–Kier alpha value is -2.70. The van der Waals surface area contributed by atoms with Crippen LogP contribution in [0.5, 0.6) is 0 Å². The maximum absolute atomic E-state index is 12.6. The molecule has 0 unspecified atom stereocenters. The van der Waals surface area contributed by atoms with Gasteiger partial charge >= 0.3 is 0 Å².